The second-order valence-corrected chi connectivity index (χ2v) is 2.74. The van der Waals surface area contributed by atoms with E-state index in [0.29, 0.717) is 0 Å². The smallest absolute Gasteiger partial charge is 0.151 e. The Hall–Kier alpha value is -1.35. The van der Waals surface area contributed by atoms with E-state index in [4.69, 9.17) is 10.6 Å². The predicted molar refractivity (Wildman–Crippen MR) is 47.6 cm³/mol. The van der Waals surface area contributed by atoms with Gasteiger partial charge in [0, 0.05) is 12.6 Å². The Morgan fingerprint density at radius 3 is 2.67 bits per heavy atom. The molecule has 0 aliphatic rings. The van der Waals surface area contributed by atoms with Crippen molar-refractivity contribution in [2.24, 2.45) is 0 Å². The topological polar surface area (TPSA) is 47.3 Å². The molecular formula is C9H12N2O. The molecule has 0 saturated carbocycles. The van der Waals surface area contributed by atoms with Crippen LogP contribution in [0.2, 0.25) is 0 Å². The Morgan fingerprint density at radius 1 is 1.50 bits per heavy atom. The SMILES string of the molecule is Cc1cccc(C(=N)N(C)O)c1. The summed E-state index contributed by atoms with van der Waals surface area (Å²) in [7, 11) is 1.44. The molecular weight excluding hydrogens is 152 g/mol. The van der Waals surface area contributed by atoms with E-state index >= 15 is 0 Å². The van der Waals surface area contributed by atoms with Gasteiger partial charge in [0.25, 0.3) is 0 Å². The van der Waals surface area contributed by atoms with Crippen LogP contribution in [0, 0.1) is 12.3 Å². The first-order valence-corrected chi connectivity index (χ1v) is 3.69. The van der Waals surface area contributed by atoms with Crippen molar-refractivity contribution in [1.82, 2.24) is 5.06 Å². The first kappa shape index (κ1) is 8.74. The van der Waals surface area contributed by atoms with E-state index in [-0.39, 0.29) is 5.84 Å². The molecule has 0 saturated heterocycles. The van der Waals surface area contributed by atoms with Crippen molar-refractivity contribution in [3.8, 4) is 0 Å². The molecule has 0 aliphatic carbocycles. The number of hydroxylamine groups is 2. The van der Waals surface area contributed by atoms with Crippen LogP contribution in [-0.4, -0.2) is 23.2 Å². The largest absolute Gasteiger partial charge is 0.287 e. The minimum absolute atomic E-state index is 0.110. The minimum atomic E-state index is 0.110. The van der Waals surface area contributed by atoms with Crippen molar-refractivity contribution < 1.29 is 5.21 Å². The Morgan fingerprint density at radius 2 is 2.17 bits per heavy atom. The molecule has 3 nitrogen and oxygen atoms in total. The molecule has 3 heteroatoms. The Kier molecular flexibility index (Phi) is 2.45. The summed E-state index contributed by atoms with van der Waals surface area (Å²) in [4.78, 5) is 0. The summed E-state index contributed by atoms with van der Waals surface area (Å²) < 4.78 is 0. The van der Waals surface area contributed by atoms with Gasteiger partial charge in [-0.15, -0.1) is 0 Å². The van der Waals surface area contributed by atoms with E-state index in [2.05, 4.69) is 0 Å². The second-order valence-electron chi connectivity index (χ2n) is 2.74. The quantitative estimate of drug-likeness (QED) is 0.376. The van der Waals surface area contributed by atoms with Gasteiger partial charge in [0.2, 0.25) is 0 Å². The number of nitrogens with one attached hydrogen (secondary N) is 1. The number of benzene rings is 1. The summed E-state index contributed by atoms with van der Waals surface area (Å²) in [6.07, 6.45) is 0. The molecule has 0 aromatic heterocycles. The van der Waals surface area contributed by atoms with Crippen molar-refractivity contribution in [1.29, 1.82) is 5.41 Å². The number of aryl methyl sites for hydroxylation is 1. The fraction of sp³-hybridized carbons (Fsp3) is 0.222. The lowest BCUT2D eigenvalue weighted by molar-refractivity contribution is 0.0133. The van der Waals surface area contributed by atoms with Gasteiger partial charge in [0.05, 0.1) is 0 Å². The third kappa shape index (κ3) is 1.83. The number of rotatable bonds is 1. The summed E-state index contributed by atoms with van der Waals surface area (Å²) >= 11 is 0. The van der Waals surface area contributed by atoms with Crippen LogP contribution in [0.5, 0.6) is 0 Å². The molecule has 0 heterocycles. The molecule has 0 fully saturated rings. The van der Waals surface area contributed by atoms with E-state index in [1.54, 1.807) is 6.07 Å². The van der Waals surface area contributed by atoms with Crippen molar-refractivity contribution >= 4 is 5.84 Å². The highest BCUT2D eigenvalue weighted by Gasteiger charge is 2.03. The highest BCUT2D eigenvalue weighted by Crippen LogP contribution is 2.05. The van der Waals surface area contributed by atoms with Gasteiger partial charge < -0.3 is 0 Å². The van der Waals surface area contributed by atoms with E-state index < -0.39 is 0 Å². The molecule has 0 unspecified atom stereocenters. The zero-order valence-electron chi connectivity index (χ0n) is 7.20. The van der Waals surface area contributed by atoms with E-state index in [9.17, 15) is 0 Å². The van der Waals surface area contributed by atoms with Crippen LogP contribution in [0.25, 0.3) is 0 Å². The van der Waals surface area contributed by atoms with Crippen molar-refractivity contribution in [3.05, 3.63) is 35.4 Å². The fourth-order valence-electron chi connectivity index (χ4n) is 0.979. The summed E-state index contributed by atoms with van der Waals surface area (Å²) in [5.41, 5.74) is 1.80. The van der Waals surface area contributed by atoms with Gasteiger partial charge in [-0.05, 0) is 13.0 Å². The van der Waals surface area contributed by atoms with Gasteiger partial charge in [-0.25, -0.2) is 5.06 Å². The number of amidine groups is 1. The first-order chi connectivity index (χ1) is 5.61. The van der Waals surface area contributed by atoms with Gasteiger partial charge in [0.15, 0.2) is 5.84 Å². The first-order valence-electron chi connectivity index (χ1n) is 3.69. The Bertz CT molecular complexity index is 294. The summed E-state index contributed by atoms with van der Waals surface area (Å²) in [5, 5.41) is 17.2. The van der Waals surface area contributed by atoms with Crippen LogP contribution < -0.4 is 0 Å². The van der Waals surface area contributed by atoms with Crippen LogP contribution in [-0.2, 0) is 0 Å². The summed E-state index contributed by atoms with van der Waals surface area (Å²) in [6.45, 7) is 1.95. The molecule has 1 aromatic rings. The maximum Gasteiger partial charge on any atom is 0.151 e. The van der Waals surface area contributed by atoms with Gasteiger partial charge in [0.1, 0.15) is 0 Å². The van der Waals surface area contributed by atoms with Crippen LogP contribution in [0.3, 0.4) is 0 Å². The molecule has 0 radical (unpaired) electrons. The van der Waals surface area contributed by atoms with Crippen molar-refractivity contribution in [2.75, 3.05) is 7.05 Å². The lowest BCUT2D eigenvalue weighted by Crippen LogP contribution is -2.22. The minimum Gasteiger partial charge on any atom is -0.287 e. The van der Waals surface area contributed by atoms with Crippen LogP contribution >= 0.6 is 0 Å². The standard InChI is InChI=1S/C9H12N2O/c1-7-4-3-5-8(6-7)9(10)11(2)12/h3-6,10,12H,1-2H3. The van der Waals surface area contributed by atoms with Gasteiger partial charge in [-0.3, -0.25) is 10.6 Å². The summed E-state index contributed by atoms with van der Waals surface area (Å²) in [5.74, 6) is 0.110. The molecule has 64 valence electrons. The molecule has 0 spiro atoms. The lowest BCUT2D eigenvalue weighted by Gasteiger charge is -2.11. The zero-order valence-corrected chi connectivity index (χ0v) is 7.20. The normalized spacial score (nSPS) is 9.58. The molecule has 12 heavy (non-hydrogen) atoms. The molecule has 0 amide bonds. The molecule has 0 bridgehead atoms. The number of hydrogen-bond acceptors (Lipinski definition) is 2. The molecule has 0 atom stereocenters. The third-order valence-corrected chi connectivity index (χ3v) is 1.62. The average molecular weight is 164 g/mol. The van der Waals surface area contributed by atoms with Gasteiger partial charge in [-0.1, -0.05) is 23.8 Å². The van der Waals surface area contributed by atoms with E-state index in [1.165, 1.54) is 7.05 Å². The number of nitrogens with zero attached hydrogens (tertiary/aromatic N) is 1. The monoisotopic (exact) mass is 164 g/mol. The maximum atomic E-state index is 8.97. The highest BCUT2D eigenvalue weighted by molar-refractivity contribution is 5.95. The van der Waals surface area contributed by atoms with E-state index in [0.717, 1.165) is 16.2 Å². The molecule has 1 aromatic carbocycles. The Balaban J connectivity index is 2.96. The number of hydrogen-bond donors (Lipinski definition) is 2. The second kappa shape index (κ2) is 3.36. The maximum absolute atomic E-state index is 8.97. The zero-order chi connectivity index (χ0) is 9.14. The fourth-order valence-corrected chi connectivity index (χ4v) is 0.979. The van der Waals surface area contributed by atoms with Gasteiger partial charge in [-0.2, -0.15) is 0 Å². The Labute approximate surface area is 71.7 Å². The summed E-state index contributed by atoms with van der Waals surface area (Å²) in [6, 6.07) is 7.47. The van der Waals surface area contributed by atoms with Crippen molar-refractivity contribution in [2.45, 2.75) is 6.92 Å². The third-order valence-electron chi connectivity index (χ3n) is 1.62. The van der Waals surface area contributed by atoms with Crippen molar-refractivity contribution in [3.63, 3.8) is 0 Å². The van der Waals surface area contributed by atoms with Crippen LogP contribution in [0.4, 0.5) is 0 Å². The van der Waals surface area contributed by atoms with Crippen LogP contribution in [0.1, 0.15) is 11.1 Å². The molecule has 0 aliphatic heterocycles. The van der Waals surface area contributed by atoms with E-state index in [1.807, 2.05) is 25.1 Å². The average Bonchev–Trinajstić information content (AvgIpc) is 2.03. The molecule has 2 N–H and O–H groups in total. The molecule has 1 rings (SSSR count). The predicted octanol–water partition coefficient (Wildman–Crippen LogP) is 1.64. The highest BCUT2D eigenvalue weighted by atomic mass is 16.5. The van der Waals surface area contributed by atoms with Gasteiger partial charge >= 0.3 is 0 Å². The lowest BCUT2D eigenvalue weighted by atomic mass is 10.1. The van der Waals surface area contributed by atoms with Crippen LogP contribution in [0.15, 0.2) is 24.3 Å².